The second-order valence-corrected chi connectivity index (χ2v) is 8.69. The van der Waals surface area contributed by atoms with Gasteiger partial charge in [0.05, 0.1) is 24.3 Å². The van der Waals surface area contributed by atoms with Crippen LogP contribution in [0.2, 0.25) is 0 Å². The van der Waals surface area contributed by atoms with Gasteiger partial charge in [-0.2, -0.15) is 10.1 Å². The van der Waals surface area contributed by atoms with Gasteiger partial charge >= 0.3 is 0 Å². The highest BCUT2D eigenvalue weighted by atomic mass is 16.5. The van der Waals surface area contributed by atoms with Crippen molar-refractivity contribution in [2.45, 2.75) is 51.2 Å². The Balaban J connectivity index is 1.45. The standard InChI is InChI=1S/C23H29N5O2/c1-15-3-7-18(8-4-15)25-23-24-12-20(22(26-23)30-19-9-10-29-14-19)16-5-6-17-13-28(2)27-21(17)11-16/h5-6,11-13,15,18-19H,3-4,7-10,14H2,1-2H3,(H,24,25,26)/t15?,18?,19-/m1/s1. The lowest BCUT2D eigenvalue weighted by Gasteiger charge is -2.27. The molecule has 0 bridgehead atoms. The van der Waals surface area contributed by atoms with Crippen LogP contribution in [-0.2, 0) is 11.8 Å². The third-order valence-electron chi connectivity index (χ3n) is 6.20. The van der Waals surface area contributed by atoms with Crippen molar-refractivity contribution in [1.29, 1.82) is 0 Å². The van der Waals surface area contributed by atoms with Crippen LogP contribution in [0.5, 0.6) is 5.88 Å². The van der Waals surface area contributed by atoms with Gasteiger partial charge in [0.25, 0.3) is 0 Å². The summed E-state index contributed by atoms with van der Waals surface area (Å²) in [7, 11) is 1.93. The van der Waals surface area contributed by atoms with Gasteiger partial charge in [-0.25, -0.2) is 4.98 Å². The zero-order valence-electron chi connectivity index (χ0n) is 17.7. The number of hydrogen-bond donors (Lipinski definition) is 1. The molecule has 1 saturated heterocycles. The van der Waals surface area contributed by atoms with Crippen LogP contribution in [0.3, 0.4) is 0 Å². The van der Waals surface area contributed by atoms with E-state index in [4.69, 9.17) is 14.5 Å². The number of fused-ring (bicyclic) bond motifs is 1. The molecule has 2 aliphatic rings. The number of hydrogen-bond acceptors (Lipinski definition) is 6. The second-order valence-electron chi connectivity index (χ2n) is 8.69. The van der Waals surface area contributed by atoms with E-state index >= 15 is 0 Å². The van der Waals surface area contributed by atoms with Crippen LogP contribution in [0.1, 0.15) is 39.0 Å². The summed E-state index contributed by atoms with van der Waals surface area (Å²) in [4.78, 5) is 9.41. The maximum atomic E-state index is 6.28. The summed E-state index contributed by atoms with van der Waals surface area (Å²) in [6, 6.07) is 6.66. The van der Waals surface area contributed by atoms with Gasteiger partial charge in [0.2, 0.25) is 11.8 Å². The van der Waals surface area contributed by atoms with E-state index in [9.17, 15) is 0 Å². The molecule has 158 valence electrons. The summed E-state index contributed by atoms with van der Waals surface area (Å²) < 4.78 is 13.6. The number of nitrogens with zero attached hydrogens (tertiary/aromatic N) is 4. The Hall–Kier alpha value is -2.67. The van der Waals surface area contributed by atoms with Crippen molar-refractivity contribution in [3.63, 3.8) is 0 Å². The van der Waals surface area contributed by atoms with Gasteiger partial charge in [0.15, 0.2) is 0 Å². The molecule has 30 heavy (non-hydrogen) atoms. The Morgan fingerprint density at radius 1 is 1.17 bits per heavy atom. The molecular formula is C23H29N5O2. The van der Waals surface area contributed by atoms with E-state index in [1.807, 2.05) is 24.1 Å². The van der Waals surface area contributed by atoms with Crippen molar-refractivity contribution in [1.82, 2.24) is 19.7 Å². The molecule has 3 aromatic rings. The first-order valence-corrected chi connectivity index (χ1v) is 11.0. The Labute approximate surface area is 176 Å². The smallest absolute Gasteiger partial charge is 0.226 e. The fraction of sp³-hybridized carbons (Fsp3) is 0.522. The van der Waals surface area contributed by atoms with Crippen molar-refractivity contribution < 1.29 is 9.47 Å². The molecule has 3 heterocycles. The average molecular weight is 408 g/mol. The van der Waals surface area contributed by atoms with E-state index in [-0.39, 0.29) is 6.10 Å². The number of benzene rings is 1. The lowest BCUT2D eigenvalue weighted by atomic mass is 9.87. The van der Waals surface area contributed by atoms with Crippen LogP contribution < -0.4 is 10.1 Å². The third-order valence-corrected chi connectivity index (χ3v) is 6.20. The molecule has 0 unspecified atom stereocenters. The SMILES string of the molecule is CC1CCC(Nc2ncc(-c3ccc4cn(C)nc4c3)c(O[C@@H]3CCOC3)n2)CC1. The van der Waals surface area contributed by atoms with Crippen LogP contribution in [-0.4, -0.2) is 45.1 Å². The van der Waals surface area contributed by atoms with Crippen molar-refractivity contribution in [3.05, 3.63) is 30.6 Å². The summed E-state index contributed by atoms with van der Waals surface area (Å²) in [6.07, 6.45) is 9.62. The summed E-state index contributed by atoms with van der Waals surface area (Å²) in [5.41, 5.74) is 2.84. The number of aromatic nitrogens is 4. The Morgan fingerprint density at radius 2 is 2.03 bits per heavy atom. The van der Waals surface area contributed by atoms with Gasteiger partial charge in [-0.05, 0) is 43.2 Å². The molecular weight excluding hydrogens is 378 g/mol. The quantitative estimate of drug-likeness (QED) is 0.684. The number of anilines is 1. The molecule has 1 aliphatic carbocycles. The fourth-order valence-corrected chi connectivity index (χ4v) is 4.38. The van der Waals surface area contributed by atoms with E-state index in [0.29, 0.717) is 24.5 Å². The molecule has 1 aliphatic heterocycles. The summed E-state index contributed by atoms with van der Waals surface area (Å²) in [5.74, 6) is 2.07. The topological polar surface area (TPSA) is 74.1 Å². The van der Waals surface area contributed by atoms with E-state index < -0.39 is 0 Å². The second kappa shape index (κ2) is 8.22. The number of rotatable bonds is 5. The van der Waals surface area contributed by atoms with Crippen LogP contribution in [0.25, 0.3) is 22.0 Å². The van der Waals surface area contributed by atoms with Crippen LogP contribution in [0.4, 0.5) is 5.95 Å². The largest absolute Gasteiger partial charge is 0.471 e. The average Bonchev–Trinajstić information content (AvgIpc) is 3.38. The molecule has 1 saturated carbocycles. The van der Waals surface area contributed by atoms with Crippen molar-refractivity contribution in [2.24, 2.45) is 13.0 Å². The van der Waals surface area contributed by atoms with E-state index in [2.05, 4.69) is 40.5 Å². The first kappa shape index (κ1) is 19.3. The summed E-state index contributed by atoms with van der Waals surface area (Å²) >= 11 is 0. The van der Waals surface area contributed by atoms with E-state index in [1.165, 1.54) is 12.8 Å². The summed E-state index contributed by atoms with van der Waals surface area (Å²) in [5, 5.41) is 9.17. The Kier molecular flexibility index (Phi) is 5.29. The lowest BCUT2D eigenvalue weighted by molar-refractivity contribution is 0.138. The minimum atomic E-state index is 0.0283. The molecule has 0 spiro atoms. The highest BCUT2D eigenvalue weighted by Crippen LogP contribution is 2.33. The first-order chi connectivity index (χ1) is 14.6. The zero-order valence-corrected chi connectivity index (χ0v) is 17.7. The highest BCUT2D eigenvalue weighted by molar-refractivity contribution is 5.84. The van der Waals surface area contributed by atoms with Gasteiger partial charge in [0.1, 0.15) is 6.10 Å². The molecule has 1 aromatic carbocycles. The predicted octanol–water partition coefficient (Wildman–Crippen LogP) is 4.19. The van der Waals surface area contributed by atoms with E-state index in [1.54, 1.807) is 0 Å². The van der Waals surface area contributed by atoms with Crippen LogP contribution in [0.15, 0.2) is 30.6 Å². The lowest BCUT2D eigenvalue weighted by Crippen LogP contribution is -2.26. The zero-order chi connectivity index (χ0) is 20.5. The van der Waals surface area contributed by atoms with Gasteiger partial charge in [-0.1, -0.05) is 19.1 Å². The monoisotopic (exact) mass is 407 g/mol. The Morgan fingerprint density at radius 3 is 2.83 bits per heavy atom. The third kappa shape index (κ3) is 4.12. The first-order valence-electron chi connectivity index (χ1n) is 11.0. The summed E-state index contributed by atoms with van der Waals surface area (Å²) in [6.45, 7) is 3.66. The highest BCUT2D eigenvalue weighted by Gasteiger charge is 2.23. The maximum Gasteiger partial charge on any atom is 0.226 e. The minimum Gasteiger partial charge on any atom is -0.471 e. The molecule has 1 N–H and O–H groups in total. The molecule has 7 heteroatoms. The van der Waals surface area contributed by atoms with Crippen molar-refractivity contribution >= 4 is 16.9 Å². The molecule has 0 amide bonds. The fourth-order valence-electron chi connectivity index (χ4n) is 4.38. The predicted molar refractivity (Wildman–Crippen MR) is 117 cm³/mol. The molecule has 2 fully saturated rings. The van der Waals surface area contributed by atoms with Crippen LogP contribution >= 0.6 is 0 Å². The van der Waals surface area contributed by atoms with E-state index in [0.717, 1.165) is 53.8 Å². The molecule has 7 nitrogen and oxygen atoms in total. The van der Waals surface area contributed by atoms with Gasteiger partial charge in [0, 0.05) is 37.3 Å². The molecule has 1 atom stereocenters. The number of ether oxygens (including phenoxy) is 2. The minimum absolute atomic E-state index is 0.0283. The van der Waals surface area contributed by atoms with Crippen LogP contribution in [0, 0.1) is 5.92 Å². The Bertz CT molecular complexity index is 1020. The normalized spacial score (nSPS) is 24.3. The van der Waals surface area contributed by atoms with Gasteiger partial charge < -0.3 is 14.8 Å². The number of nitrogens with one attached hydrogen (secondary N) is 1. The number of aryl methyl sites for hydroxylation is 1. The van der Waals surface area contributed by atoms with Gasteiger partial charge in [-0.3, -0.25) is 4.68 Å². The van der Waals surface area contributed by atoms with Crippen molar-refractivity contribution in [2.75, 3.05) is 18.5 Å². The van der Waals surface area contributed by atoms with Crippen molar-refractivity contribution in [3.8, 4) is 17.0 Å². The molecule has 5 rings (SSSR count). The molecule has 0 radical (unpaired) electrons. The van der Waals surface area contributed by atoms with Gasteiger partial charge in [-0.15, -0.1) is 0 Å². The molecule has 2 aromatic heterocycles. The maximum absolute atomic E-state index is 6.28.